The number of nitrogens with zero attached hydrogens (tertiary/aromatic N) is 4. The van der Waals surface area contributed by atoms with E-state index in [2.05, 4.69) is 19.9 Å². The molecule has 2 heterocycles. The van der Waals surface area contributed by atoms with Gasteiger partial charge < -0.3 is 11.5 Å². The molecule has 1 aromatic carbocycles. The van der Waals surface area contributed by atoms with Crippen molar-refractivity contribution >= 4 is 35.3 Å². The number of benzene rings is 1. The standard InChI is InChI=1S/C13H12N6.ClH/c1-7-2-4-8(5-3-7)9-6-16-12-10(17-9)11(14)18-13(15)19-12;/h2-6H,1H3,(H4,14,15,16,18,19);1H. The Hall–Kier alpha value is -2.47. The lowest BCUT2D eigenvalue weighted by Crippen LogP contribution is -2.03. The second-order valence-corrected chi connectivity index (χ2v) is 4.26. The Labute approximate surface area is 121 Å². The van der Waals surface area contributed by atoms with Crippen molar-refractivity contribution in [1.82, 2.24) is 19.9 Å². The summed E-state index contributed by atoms with van der Waals surface area (Å²) in [7, 11) is 0. The van der Waals surface area contributed by atoms with Gasteiger partial charge in [-0.15, -0.1) is 12.4 Å². The second kappa shape index (κ2) is 5.26. The van der Waals surface area contributed by atoms with Crippen molar-refractivity contribution in [3.63, 3.8) is 0 Å². The Kier molecular flexibility index (Phi) is 3.67. The Morgan fingerprint density at radius 2 is 1.65 bits per heavy atom. The molecule has 0 spiro atoms. The van der Waals surface area contributed by atoms with Gasteiger partial charge in [-0.3, -0.25) is 0 Å². The molecule has 3 aromatic rings. The van der Waals surface area contributed by atoms with Crippen LogP contribution in [-0.4, -0.2) is 19.9 Å². The van der Waals surface area contributed by atoms with Crippen LogP contribution in [0.15, 0.2) is 30.5 Å². The molecule has 0 aliphatic carbocycles. The summed E-state index contributed by atoms with van der Waals surface area (Å²) in [4.78, 5) is 16.6. The molecule has 0 saturated heterocycles. The van der Waals surface area contributed by atoms with E-state index in [4.69, 9.17) is 11.5 Å². The zero-order chi connectivity index (χ0) is 13.4. The van der Waals surface area contributed by atoms with E-state index in [1.807, 2.05) is 31.2 Å². The van der Waals surface area contributed by atoms with Gasteiger partial charge in [0, 0.05) is 5.56 Å². The summed E-state index contributed by atoms with van der Waals surface area (Å²) in [5.74, 6) is 0.339. The largest absolute Gasteiger partial charge is 0.382 e. The fourth-order valence-corrected chi connectivity index (χ4v) is 1.81. The number of hydrogen-bond donors (Lipinski definition) is 2. The van der Waals surface area contributed by atoms with E-state index >= 15 is 0 Å². The Balaban J connectivity index is 0.00000147. The van der Waals surface area contributed by atoms with Gasteiger partial charge in [-0.1, -0.05) is 29.8 Å². The van der Waals surface area contributed by atoms with E-state index in [9.17, 15) is 0 Å². The van der Waals surface area contributed by atoms with E-state index < -0.39 is 0 Å². The molecule has 0 atom stereocenters. The molecule has 0 radical (unpaired) electrons. The average molecular weight is 289 g/mol. The molecule has 4 N–H and O–H groups in total. The maximum atomic E-state index is 5.79. The normalized spacial score (nSPS) is 10.2. The van der Waals surface area contributed by atoms with Crippen molar-refractivity contribution in [2.75, 3.05) is 11.5 Å². The minimum atomic E-state index is 0. The molecule has 3 rings (SSSR count). The Morgan fingerprint density at radius 1 is 0.950 bits per heavy atom. The lowest BCUT2D eigenvalue weighted by atomic mass is 10.1. The highest BCUT2D eigenvalue weighted by Gasteiger charge is 2.08. The Bertz CT molecular complexity index is 757. The van der Waals surface area contributed by atoms with E-state index in [1.165, 1.54) is 5.56 Å². The van der Waals surface area contributed by atoms with Crippen LogP contribution in [0.3, 0.4) is 0 Å². The van der Waals surface area contributed by atoms with Crippen molar-refractivity contribution in [3.05, 3.63) is 36.0 Å². The second-order valence-electron chi connectivity index (χ2n) is 4.26. The first-order valence-electron chi connectivity index (χ1n) is 5.76. The van der Waals surface area contributed by atoms with Crippen LogP contribution in [0.2, 0.25) is 0 Å². The van der Waals surface area contributed by atoms with E-state index in [-0.39, 0.29) is 24.2 Å². The summed E-state index contributed by atoms with van der Waals surface area (Å²) in [6.45, 7) is 2.03. The minimum Gasteiger partial charge on any atom is -0.382 e. The number of hydrogen-bond acceptors (Lipinski definition) is 6. The number of nitrogen functional groups attached to an aromatic ring is 2. The highest BCUT2D eigenvalue weighted by Crippen LogP contribution is 2.21. The van der Waals surface area contributed by atoms with Gasteiger partial charge in [0.1, 0.15) is 0 Å². The summed E-state index contributed by atoms with van der Waals surface area (Å²) >= 11 is 0. The van der Waals surface area contributed by atoms with Crippen LogP contribution in [-0.2, 0) is 0 Å². The molecule has 0 saturated carbocycles. The summed E-state index contributed by atoms with van der Waals surface area (Å²) in [6.07, 6.45) is 1.65. The molecule has 0 aliphatic rings. The van der Waals surface area contributed by atoms with Crippen molar-refractivity contribution < 1.29 is 0 Å². The summed E-state index contributed by atoms with van der Waals surface area (Å²) in [5, 5.41) is 0. The SMILES string of the molecule is Cc1ccc(-c2cnc3nc(N)nc(N)c3n2)cc1.Cl. The zero-order valence-electron chi connectivity index (χ0n) is 10.7. The summed E-state index contributed by atoms with van der Waals surface area (Å²) in [6, 6.07) is 8.01. The summed E-state index contributed by atoms with van der Waals surface area (Å²) in [5.41, 5.74) is 15.1. The van der Waals surface area contributed by atoms with Gasteiger partial charge in [0.15, 0.2) is 17.0 Å². The quantitative estimate of drug-likeness (QED) is 0.709. The topological polar surface area (TPSA) is 104 Å². The monoisotopic (exact) mass is 288 g/mol. The molecule has 20 heavy (non-hydrogen) atoms. The molecule has 102 valence electrons. The van der Waals surface area contributed by atoms with E-state index in [1.54, 1.807) is 6.20 Å². The van der Waals surface area contributed by atoms with Crippen LogP contribution in [0.1, 0.15) is 5.56 Å². The molecule has 0 bridgehead atoms. The van der Waals surface area contributed by atoms with E-state index in [0.717, 1.165) is 11.3 Å². The molecular weight excluding hydrogens is 276 g/mol. The van der Waals surface area contributed by atoms with Crippen LogP contribution in [0.25, 0.3) is 22.4 Å². The molecule has 6 nitrogen and oxygen atoms in total. The average Bonchev–Trinajstić information content (AvgIpc) is 2.39. The molecule has 0 amide bonds. The van der Waals surface area contributed by atoms with Crippen LogP contribution >= 0.6 is 12.4 Å². The number of fused-ring (bicyclic) bond motifs is 1. The van der Waals surface area contributed by atoms with Crippen LogP contribution < -0.4 is 11.5 Å². The first-order valence-corrected chi connectivity index (χ1v) is 5.76. The van der Waals surface area contributed by atoms with Gasteiger partial charge >= 0.3 is 0 Å². The van der Waals surface area contributed by atoms with Gasteiger partial charge in [0.05, 0.1) is 11.9 Å². The fraction of sp³-hybridized carbons (Fsp3) is 0.0769. The van der Waals surface area contributed by atoms with Crippen molar-refractivity contribution in [2.45, 2.75) is 6.92 Å². The molecule has 2 aromatic heterocycles. The predicted molar refractivity (Wildman–Crippen MR) is 81.4 cm³/mol. The smallest absolute Gasteiger partial charge is 0.224 e. The van der Waals surface area contributed by atoms with Crippen LogP contribution in [0, 0.1) is 6.92 Å². The number of aryl methyl sites for hydroxylation is 1. The lowest BCUT2D eigenvalue weighted by molar-refractivity contribution is 1.17. The lowest BCUT2D eigenvalue weighted by Gasteiger charge is -2.04. The van der Waals surface area contributed by atoms with Gasteiger partial charge in [-0.2, -0.15) is 9.97 Å². The van der Waals surface area contributed by atoms with Crippen molar-refractivity contribution in [3.8, 4) is 11.3 Å². The molecular formula is C13H13ClN6. The number of rotatable bonds is 1. The maximum absolute atomic E-state index is 5.79. The van der Waals surface area contributed by atoms with Gasteiger partial charge in [0.25, 0.3) is 0 Å². The minimum absolute atomic E-state index is 0. The number of anilines is 2. The van der Waals surface area contributed by atoms with Gasteiger partial charge in [-0.05, 0) is 6.92 Å². The van der Waals surface area contributed by atoms with Gasteiger partial charge in [-0.25, -0.2) is 9.97 Å². The molecule has 0 unspecified atom stereocenters. The predicted octanol–water partition coefficient (Wildman–Crippen LogP) is 1.98. The van der Waals surface area contributed by atoms with E-state index in [0.29, 0.717) is 11.2 Å². The fourth-order valence-electron chi connectivity index (χ4n) is 1.81. The number of nitrogens with two attached hydrogens (primary N) is 2. The number of aromatic nitrogens is 4. The first-order chi connectivity index (χ1) is 9.13. The first kappa shape index (κ1) is 14.0. The third-order valence-corrected chi connectivity index (χ3v) is 2.80. The molecule has 7 heteroatoms. The molecule has 0 fully saturated rings. The van der Waals surface area contributed by atoms with Crippen molar-refractivity contribution in [2.24, 2.45) is 0 Å². The van der Waals surface area contributed by atoms with Gasteiger partial charge in [0.2, 0.25) is 5.95 Å². The van der Waals surface area contributed by atoms with Crippen LogP contribution in [0.5, 0.6) is 0 Å². The summed E-state index contributed by atoms with van der Waals surface area (Å²) < 4.78 is 0. The molecule has 0 aliphatic heterocycles. The third kappa shape index (κ3) is 2.46. The highest BCUT2D eigenvalue weighted by molar-refractivity contribution is 5.85. The maximum Gasteiger partial charge on any atom is 0.224 e. The highest BCUT2D eigenvalue weighted by atomic mass is 35.5. The number of halogens is 1. The third-order valence-electron chi connectivity index (χ3n) is 2.80. The Morgan fingerprint density at radius 3 is 2.35 bits per heavy atom. The van der Waals surface area contributed by atoms with Crippen molar-refractivity contribution in [1.29, 1.82) is 0 Å². The van der Waals surface area contributed by atoms with Crippen LogP contribution in [0.4, 0.5) is 11.8 Å². The zero-order valence-corrected chi connectivity index (χ0v) is 11.6.